The van der Waals surface area contributed by atoms with Crippen LogP contribution in [0.15, 0.2) is 42.5 Å². The average Bonchev–Trinajstić information content (AvgIpc) is 2.65. The third-order valence-electron chi connectivity index (χ3n) is 3.95. The molecule has 30 heavy (non-hydrogen) atoms. The van der Waals surface area contributed by atoms with Gasteiger partial charge >= 0.3 is 12.1 Å². The minimum atomic E-state index is -5.30. The predicted molar refractivity (Wildman–Crippen MR) is 103 cm³/mol. The molecule has 0 aliphatic carbocycles. The highest BCUT2D eigenvalue weighted by molar-refractivity contribution is 6.36. The minimum absolute atomic E-state index is 0.165. The largest absolute Gasteiger partial charge is 0.463 e. The Labute approximate surface area is 179 Å². The first-order chi connectivity index (χ1) is 14.0. The standard InChI is InChI=1S/C19H16Cl2F4N2O3/c1-2-30-17(29)18(19(23,24)25,26-10-11-3-6-13(22)7-4-11)27-16(28)14-8-5-12(20)9-15(14)21/h3-9,26H,2,10H2,1H3,(H,27,28). The summed E-state index contributed by atoms with van der Waals surface area (Å²) in [5.74, 6) is -3.64. The molecule has 0 heterocycles. The Morgan fingerprint density at radius 2 is 1.70 bits per heavy atom. The van der Waals surface area contributed by atoms with Gasteiger partial charge in [0.2, 0.25) is 0 Å². The third-order valence-corrected chi connectivity index (χ3v) is 4.50. The van der Waals surface area contributed by atoms with Crippen LogP contribution in [0.1, 0.15) is 22.8 Å². The monoisotopic (exact) mass is 466 g/mol. The molecule has 2 rings (SSSR count). The average molecular weight is 467 g/mol. The number of rotatable bonds is 7. The fourth-order valence-electron chi connectivity index (χ4n) is 2.44. The van der Waals surface area contributed by atoms with Crippen LogP contribution in [0.4, 0.5) is 17.6 Å². The minimum Gasteiger partial charge on any atom is -0.463 e. The maximum atomic E-state index is 14.1. The summed E-state index contributed by atoms with van der Waals surface area (Å²) in [5.41, 5.74) is -3.69. The Balaban J connectivity index is 2.43. The van der Waals surface area contributed by atoms with Crippen molar-refractivity contribution < 1.29 is 31.9 Å². The van der Waals surface area contributed by atoms with Crippen LogP contribution in [0.2, 0.25) is 10.0 Å². The van der Waals surface area contributed by atoms with E-state index in [9.17, 15) is 27.2 Å². The van der Waals surface area contributed by atoms with Crippen LogP contribution in [0, 0.1) is 5.82 Å². The van der Waals surface area contributed by atoms with Gasteiger partial charge in [0.25, 0.3) is 11.6 Å². The lowest BCUT2D eigenvalue weighted by Crippen LogP contribution is -2.72. The van der Waals surface area contributed by atoms with Crippen molar-refractivity contribution in [3.63, 3.8) is 0 Å². The number of nitrogens with one attached hydrogen (secondary N) is 2. The Hall–Kier alpha value is -2.36. The van der Waals surface area contributed by atoms with Crippen molar-refractivity contribution in [3.8, 4) is 0 Å². The SMILES string of the molecule is CCOC(=O)C(NCc1ccc(F)cc1)(NC(=O)c1ccc(Cl)cc1Cl)C(F)(F)F. The molecule has 11 heteroatoms. The number of carbonyl (C=O) groups excluding carboxylic acids is 2. The lowest BCUT2D eigenvalue weighted by atomic mass is 10.1. The summed E-state index contributed by atoms with van der Waals surface area (Å²) in [6, 6.07) is 8.09. The van der Waals surface area contributed by atoms with E-state index in [-0.39, 0.29) is 27.8 Å². The second-order valence-electron chi connectivity index (χ2n) is 6.03. The van der Waals surface area contributed by atoms with Gasteiger partial charge < -0.3 is 10.1 Å². The molecule has 162 valence electrons. The molecule has 0 radical (unpaired) electrons. The van der Waals surface area contributed by atoms with Gasteiger partial charge in [0.15, 0.2) is 0 Å². The molecular weight excluding hydrogens is 451 g/mol. The van der Waals surface area contributed by atoms with Gasteiger partial charge in [-0.1, -0.05) is 35.3 Å². The summed E-state index contributed by atoms with van der Waals surface area (Å²) in [5, 5.41) is 3.62. The number of alkyl halides is 3. The van der Waals surface area contributed by atoms with Crippen molar-refractivity contribution in [3.05, 3.63) is 69.5 Å². The summed E-state index contributed by atoms with van der Waals surface area (Å²) in [6.07, 6.45) is -5.30. The van der Waals surface area contributed by atoms with E-state index in [0.29, 0.717) is 0 Å². The number of ether oxygens (including phenoxy) is 1. The van der Waals surface area contributed by atoms with E-state index in [1.54, 1.807) is 5.32 Å². The smallest absolute Gasteiger partial charge is 0.436 e. The zero-order chi connectivity index (χ0) is 22.5. The van der Waals surface area contributed by atoms with Crippen molar-refractivity contribution in [2.75, 3.05) is 6.61 Å². The number of hydrogen-bond acceptors (Lipinski definition) is 4. The molecule has 0 spiro atoms. The Morgan fingerprint density at radius 1 is 1.07 bits per heavy atom. The summed E-state index contributed by atoms with van der Waals surface area (Å²) in [7, 11) is 0. The molecule has 0 fully saturated rings. The Morgan fingerprint density at radius 3 is 2.23 bits per heavy atom. The second-order valence-corrected chi connectivity index (χ2v) is 6.87. The van der Waals surface area contributed by atoms with Crippen LogP contribution < -0.4 is 10.6 Å². The quantitative estimate of drug-likeness (QED) is 0.358. The van der Waals surface area contributed by atoms with Crippen molar-refractivity contribution in [1.29, 1.82) is 0 Å². The highest BCUT2D eigenvalue weighted by atomic mass is 35.5. The number of amides is 1. The number of carbonyl (C=O) groups is 2. The Kier molecular flexibility index (Phi) is 7.68. The van der Waals surface area contributed by atoms with Gasteiger partial charge in [0, 0.05) is 11.6 Å². The molecular formula is C19H16Cl2F4N2O3. The zero-order valence-corrected chi connectivity index (χ0v) is 17.0. The van der Waals surface area contributed by atoms with Crippen LogP contribution in [0.5, 0.6) is 0 Å². The molecule has 0 saturated heterocycles. The van der Waals surface area contributed by atoms with Crippen LogP contribution in [-0.4, -0.2) is 30.3 Å². The fraction of sp³-hybridized carbons (Fsp3) is 0.263. The van der Waals surface area contributed by atoms with Crippen LogP contribution in [0.25, 0.3) is 0 Å². The number of esters is 1. The van der Waals surface area contributed by atoms with Crippen molar-refractivity contribution in [2.45, 2.75) is 25.3 Å². The molecule has 0 aromatic heterocycles. The molecule has 0 saturated carbocycles. The molecule has 0 bridgehead atoms. The van der Waals surface area contributed by atoms with E-state index in [1.165, 1.54) is 31.2 Å². The molecule has 2 N–H and O–H groups in total. The molecule has 5 nitrogen and oxygen atoms in total. The first-order valence-corrected chi connectivity index (χ1v) is 9.26. The van der Waals surface area contributed by atoms with Crippen molar-refractivity contribution >= 4 is 35.1 Å². The molecule has 0 aliphatic heterocycles. The third kappa shape index (κ3) is 5.41. The molecule has 2 aromatic rings. The zero-order valence-electron chi connectivity index (χ0n) is 15.4. The van der Waals surface area contributed by atoms with Gasteiger partial charge in [-0.3, -0.25) is 10.1 Å². The van der Waals surface area contributed by atoms with E-state index >= 15 is 0 Å². The van der Waals surface area contributed by atoms with E-state index in [0.717, 1.165) is 18.2 Å². The highest BCUT2D eigenvalue weighted by Gasteiger charge is 2.63. The fourth-order valence-corrected chi connectivity index (χ4v) is 2.94. The summed E-state index contributed by atoms with van der Waals surface area (Å²) in [4.78, 5) is 24.9. The lowest BCUT2D eigenvalue weighted by molar-refractivity contribution is -0.219. The normalized spacial score (nSPS) is 13.4. The van der Waals surface area contributed by atoms with E-state index in [2.05, 4.69) is 4.74 Å². The summed E-state index contributed by atoms with van der Waals surface area (Å²) >= 11 is 11.6. The molecule has 0 aliphatic rings. The van der Waals surface area contributed by atoms with Crippen LogP contribution >= 0.6 is 23.2 Å². The predicted octanol–water partition coefficient (Wildman–Crippen LogP) is 4.47. The van der Waals surface area contributed by atoms with Gasteiger partial charge in [-0.15, -0.1) is 0 Å². The van der Waals surface area contributed by atoms with E-state index in [1.807, 2.05) is 5.32 Å². The van der Waals surface area contributed by atoms with Crippen molar-refractivity contribution in [1.82, 2.24) is 10.6 Å². The number of halogens is 6. The van der Waals surface area contributed by atoms with Crippen LogP contribution in [0.3, 0.4) is 0 Å². The maximum Gasteiger partial charge on any atom is 0.436 e. The first-order valence-electron chi connectivity index (χ1n) is 8.51. The maximum absolute atomic E-state index is 14.1. The van der Waals surface area contributed by atoms with Crippen molar-refractivity contribution in [2.24, 2.45) is 0 Å². The first kappa shape index (κ1) is 23.9. The van der Waals surface area contributed by atoms with Gasteiger partial charge in [-0.05, 0) is 42.8 Å². The van der Waals surface area contributed by atoms with Gasteiger partial charge in [0.05, 0.1) is 17.2 Å². The summed E-state index contributed by atoms with van der Waals surface area (Å²) < 4.78 is 59.8. The van der Waals surface area contributed by atoms with Gasteiger partial charge in [-0.2, -0.15) is 13.2 Å². The number of hydrogen-bond donors (Lipinski definition) is 2. The van der Waals surface area contributed by atoms with Gasteiger partial charge in [0.1, 0.15) is 5.82 Å². The molecule has 1 unspecified atom stereocenters. The molecule has 2 aromatic carbocycles. The Bertz CT molecular complexity index is 923. The van der Waals surface area contributed by atoms with E-state index < -0.39 is 36.1 Å². The number of benzene rings is 2. The van der Waals surface area contributed by atoms with Gasteiger partial charge in [-0.25, -0.2) is 9.18 Å². The molecule has 1 amide bonds. The molecule has 1 atom stereocenters. The topological polar surface area (TPSA) is 67.4 Å². The second kappa shape index (κ2) is 9.63. The highest BCUT2D eigenvalue weighted by Crippen LogP contribution is 2.31. The van der Waals surface area contributed by atoms with Crippen LogP contribution in [-0.2, 0) is 16.1 Å². The summed E-state index contributed by atoms with van der Waals surface area (Å²) in [6.45, 7) is 0.413. The lowest BCUT2D eigenvalue weighted by Gasteiger charge is -2.35. The van der Waals surface area contributed by atoms with E-state index in [4.69, 9.17) is 23.2 Å².